The molecule has 1 rings (SSSR count). The normalized spacial score (nSPS) is 19.0. The predicted molar refractivity (Wildman–Crippen MR) is 336 cm³/mol. The van der Waals surface area contributed by atoms with E-state index in [9.17, 15) is 30.3 Å². The summed E-state index contributed by atoms with van der Waals surface area (Å²) < 4.78 is 11.3. The molecule has 1 aliphatic heterocycles. The first-order valence-corrected chi connectivity index (χ1v) is 33.7. The van der Waals surface area contributed by atoms with Crippen LogP contribution in [-0.2, 0) is 14.3 Å². The number of amides is 1. The molecule has 0 spiro atoms. The second-order valence-electron chi connectivity index (χ2n) is 23.2. The summed E-state index contributed by atoms with van der Waals surface area (Å²) in [6.07, 6.45) is 75.6. The lowest BCUT2D eigenvalue weighted by atomic mass is 9.99. The number of unbranched alkanes of at least 4 members (excludes halogenated alkanes) is 38. The third-order valence-corrected chi connectivity index (χ3v) is 15.8. The zero-order valence-corrected chi connectivity index (χ0v) is 51.4. The average Bonchev–Trinajstić information content (AvgIpc) is 3.47. The molecule has 1 saturated heterocycles. The number of hydrogen-bond acceptors (Lipinski definition) is 8. The van der Waals surface area contributed by atoms with Crippen molar-refractivity contribution in [3.05, 3.63) is 72.9 Å². The van der Waals surface area contributed by atoms with E-state index >= 15 is 0 Å². The van der Waals surface area contributed by atoms with E-state index in [2.05, 4.69) is 79.9 Å². The van der Waals surface area contributed by atoms with Crippen molar-refractivity contribution in [3.63, 3.8) is 0 Å². The van der Waals surface area contributed by atoms with Crippen LogP contribution in [0.2, 0.25) is 0 Å². The minimum Gasteiger partial charge on any atom is -0.394 e. The zero-order chi connectivity index (χ0) is 57.2. The van der Waals surface area contributed by atoms with Crippen molar-refractivity contribution in [2.75, 3.05) is 13.2 Å². The maximum atomic E-state index is 13.1. The summed E-state index contributed by atoms with van der Waals surface area (Å²) in [5, 5.41) is 54.7. The minimum atomic E-state index is -1.57. The first-order chi connectivity index (χ1) is 38.8. The lowest BCUT2D eigenvalue weighted by Crippen LogP contribution is -2.60. The molecule has 460 valence electrons. The number of nitrogens with one attached hydrogen (secondary N) is 1. The highest BCUT2D eigenvalue weighted by Gasteiger charge is 2.44. The number of carbonyl (C=O) groups excluding carboxylic acids is 1. The molecule has 0 saturated carbocycles. The van der Waals surface area contributed by atoms with Crippen molar-refractivity contribution in [2.24, 2.45) is 0 Å². The maximum Gasteiger partial charge on any atom is 0.220 e. The Balaban J connectivity index is 2.16. The van der Waals surface area contributed by atoms with Gasteiger partial charge < -0.3 is 40.3 Å². The molecule has 9 nitrogen and oxygen atoms in total. The van der Waals surface area contributed by atoms with Gasteiger partial charge in [-0.05, 0) is 64.2 Å². The fraction of sp³-hybridized carbons (Fsp3) is 0.814. The second kappa shape index (κ2) is 58.8. The Hall–Kier alpha value is -2.37. The Kier molecular flexibility index (Phi) is 55.6. The van der Waals surface area contributed by atoms with Gasteiger partial charge in [0.05, 0.1) is 25.4 Å². The molecule has 1 aliphatic rings. The summed E-state index contributed by atoms with van der Waals surface area (Å²) in [6, 6.07) is -0.810. The number of hydrogen-bond donors (Lipinski definition) is 6. The summed E-state index contributed by atoms with van der Waals surface area (Å²) in [5.41, 5.74) is 0. The fourth-order valence-electron chi connectivity index (χ4n) is 10.5. The number of allylic oxidation sites excluding steroid dienone is 11. The van der Waals surface area contributed by atoms with Crippen LogP contribution in [0.15, 0.2) is 72.9 Å². The van der Waals surface area contributed by atoms with Crippen LogP contribution in [-0.4, -0.2) is 87.5 Å². The van der Waals surface area contributed by atoms with E-state index in [4.69, 9.17) is 9.47 Å². The Morgan fingerprint density at radius 2 is 0.785 bits per heavy atom. The summed E-state index contributed by atoms with van der Waals surface area (Å²) in [6.45, 7) is 3.70. The third-order valence-electron chi connectivity index (χ3n) is 15.8. The van der Waals surface area contributed by atoms with Crippen LogP contribution < -0.4 is 5.32 Å². The molecule has 0 aliphatic carbocycles. The molecule has 0 radical (unpaired) electrons. The van der Waals surface area contributed by atoms with Crippen LogP contribution in [0, 0.1) is 0 Å². The largest absolute Gasteiger partial charge is 0.394 e. The van der Waals surface area contributed by atoms with Gasteiger partial charge in [0, 0.05) is 6.42 Å². The molecule has 1 heterocycles. The smallest absolute Gasteiger partial charge is 0.220 e. The van der Waals surface area contributed by atoms with Gasteiger partial charge in [-0.15, -0.1) is 0 Å². The topological polar surface area (TPSA) is 149 Å². The van der Waals surface area contributed by atoms with Gasteiger partial charge in [-0.1, -0.05) is 311 Å². The molecular weight excluding hydrogens is 983 g/mol. The molecule has 0 bridgehead atoms. The second-order valence-corrected chi connectivity index (χ2v) is 23.2. The van der Waals surface area contributed by atoms with E-state index in [-0.39, 0.29) is 12.5 Å². The van der Waals surface area contributed by atoms with Gasteiger partial charge in [0.25, 0.3) is 0 Å². The van der Waals surface area contributed by atoms with Crippen LogP contribution in [0.25, 0.3) is 0 Å². The van der Waals surface area contributed by atoms with Crippen LogP contribution >= 0.6 is 0 Å². The molecule has 1 amide bonds. The Morgan fingerprint density at radius 1 is 0.443 bits per heavy atom. The lowest BCUT2D eigenvalue weighted by molar-refractivity contribution is -0.302. The van der Waals surface area contributed by atoms with Gasteiger partial charge in [0.1, 0.15) is 24.4 Å². The summed E-state index contributed by atoms with van der Waals surface area (Å²) in [4.78, 5) is 13.1. The molecule has 0 aromatic rings. The van der Waals surface area contributed by atoms with E-state index in [1.165, 1.54) is 218 Å². The molecule has 6 N–H and O–H groups in total. The van der Waals surface area contributed by atoms with Gasteiger partial charge in [-0.2, -0.15) is 0 Å². The summed E-state index contributed by atoms with van der Waals surface area (Å²) in [5.74, 6) is -0.177. The number of aliphatic hydroxyl groups is 5. The lowest BCUT2D eigenvalue weighted by Gasteiger charge is -2.40. The fourth-order valence-corrected chi connectivity index (χ4v) is 10.5. The average molecular weight is 1110 g/mol. The third kappa shape index (κ3) is 47.8. The molecule has 7 atom stereocenters. The van der Waals surface area contributed by atoms with Crippen LogP contribution in [0.5, 0.6) is 0 Å². The minimum absolute atomic E-state index is 0.177. The molecule has 0 aromatic carbocycles. The first-order valence-electron chi connectivity index (χ1n) is 33.7. The van der Waals surface area contributed by atoms with Gasteiger partial charge in [0.2, 0.25) is 5.91 Å². The van der Waals surface area contributed by atoms with Crippen molar-refractivity contribution in [2.45, 2.75) is 352 Å². The number of carbonyl (C=O) groups is 1. The summed E-state index contributed by atoms with van der Waals surface area (Å²) >= 11 is 0. The standard InChI is InChI=1S/C70H127NO8/c1-3-5-7-9-11-13-15-17-19-21-23-25-27-29-31-32-34-36-38-40-42-44-46-48-50-52-54-56-58-60-66(74)71-63(62-78-70-69(77)68(76)67(75)65(61-72)79-70)64(73)59-57-55-53-51-49-47-45-43-41-39-37-35-33-30-28-26-24-22-20-18-16-14-12-10-8-6-4-2/h5,7,11,13,17,19,23,25,29,31,57,59,63-65,67-70,72-73,75-77H,3-4,6,8-10,12,14-16,18,20-22,24,26-28,30,32-56,58,60-62H2,1-2H3,(H,71,74)/b7-5-,13-11-,19-17-,25-23-,31-29-,59-57+. The number of ether oxygens (including phenoxy) is 2. The van der Waals surface area contributed by atoms with Crippen molar-refractivity contribution in [3.8, 4) is 0 Å². The predicted octanol–water partition coefficient (Wildman–Crippen LogP) is 18.0. The molecular formula is C70H127NO8. The Bertz CT molecular complexity index is 1470. The Morgan fingerprint density at radius 3 is 1.16 bits per heavy atom. The molecule has 9 heteroatoms. The van der Waals surface area contributed by atoms with Crippen LogP contribution in [0.3, 0.4) is 0 Å². The molecule has 1 fully saturated rings. The van der Waals surface area contributed by atoms with Crippen LogP contribution in [0.1, 0.15) is 309 Å². The Labute approximate surface area is 487 Å². The SMILES string of the molecule is CC/C=C\C/C=C\C/C=C\C/C=C\C/C=C\CCCCCCCCCCCCCCCC(=O)NC(COC1OC(CO)C(O)C(O)C1O)C(O)/C=C/CCCCCCCCCCCCCCCCCCCCCCCCCCC. The van der Waals surface area contributed by atoms with E-state index in [0.29, 0.717) is 6.42 Å². The van der Waals surface area contributed by atoms with E-state index < -0.39 is 49.5 Å². The number of aliphatic hydroxyl groups excluding tert-OH is 5. The van der Waals surface area contributed by atoms with Gasteiger partial charge >= 0.3 is 0 Å². The molecule has 79 heavy (non-hydrogen) atoms. The van der Waals surface area contributed by atoms with Gasteiger partial charge in [-0.3, -0.25) is 4.79 Å². The van der Waals surface area contributed by atoms with Crippen molar-refractivity contribution in [1.82, 2.24) is 5.32 Å². The number of rotatable bonds is 58. The van der Waals surface area contributed by atoms with Crippen molar-refractivity contribution in [1.29, 1.82) is 0 Å². The van der Waals surface area contributed by atoms with Crippen LogP contribution in [0.4, 0.5) is 0 Å². The highest BCUT2D eigenvalue weighted by atomic mass is 16.7. The molecule has 7 unspecified atom stereocenters. The first kappa shape index (κ1) is 74.6. The highest BCUT2D eigenvalue weighted by Crippen LogP contribution is 2.23. The van der Waals surface area contributed by atoms with Gasteiger partial charge in [0.15, 0.2) is 6.29 Å². The van der Waals surface area contributed by atoms with Gasteiger partial charge in [-0.25, -0.2) is 0 Å². The van der Waals surface area contributed by atoms with Crippen molar-refractivity contribution >= 4 is 5.91 Å². The molecule has 0 aromatic heterocycles. The van der Waals surface area contributed by atoms with Crippen molar-refractivity contribution < 1.29 is 39.8 Å². The monoisotopic (exact) mass is 1110 g/mol. The summed E-state index contributed by atoms with van der Waals surface area (Å²) in [7, 11) is 0. The van der Waals surface area contributed by atoms with E-state index in [1.807, 2.05) is 6.08 Å². The zero-order valence-electron chi connectivity index (χ0n) is 51.4. The van der Waals surface area contributed by atoms with E-state index in [0.717, 1.165) is 70.6 Å². The highest BCUT2D eigenvalue weighted by molar-refractivity contribution is 5.76. The van der Waals surface area contributed by atoms with E-state index in [1.54, 1.807) is 6.08 Å². The maximum absolute atomic E-state index is 13.1. The quantitative estimate of drug-likeness (QED) is 0.0261.